The van der Waals surface area contributed by atoms with Gasteiger partial charge in [-0.15, -0.1) is 0 Å². The third-order valence-corrected chi connectivity index (χ3v) is 4.59. The smallest absolute Gasteiger partial charge is 0.223 e. The average Bonchev–Trinajstić information content (AvgIpc) is 2.82. The van der Waals surface area contributed by atoms with Gasteiger partial charge in [0, 0.05) is 30.1 Å². The Bertz CT molecular complexity index is 738. The number of hydrogen-bond donors (Lipinski definition) is 0. The molecule has 0 spiro atoms. The van der Waals surface area contributed by atoms with Gasteiger partial charge >= 0.3 is 0 Å². The molecule has 1 heterocycles. The maximum Gasteiger partial charge on any atom is 0.223 e. The lowest BCUT2D eigenvalue weighted by Gasteiger charge is -2.28. The lowest BCUT2D eigenvalue weighted by atomic mass is 9.77. The van der Waals surface area contributed by atoms with Gasteiger partial charge in [-0.2, -0.15) is 0 Å². The fourth-order valence-electron chi connectivity index (χ4n) is 3.43. The van der Waals surface area contributed by atoms with Gasteiger partial charge in [0.1, 0.15) is 5.75 Å². The minimum Gasteiger partial charge on any atom is -0.496 e. The molecule has 0 N–H and O–H groups in total. The second kappa shape index (κ2) is 5.16. The van der Waals surface area contributed by atoms with Crippen LogP contribution in [0.1, 0.15) is 30.5 Å². The first-order chi connectivity index (χ1) is 10.5. The fourth-order valence-corrected chi connectivity index (χ4v) is 3.43. The summed E-state index contributed by atoms with van der Waals surface area (Å²) >= 11 is 0. The van der Waals surface area contributed by atoms with Crippen molar-refractivity contribution in [2.45, 2.75) is 26.2 Å². The fraction of sp³-hybridized carbons (Fsp3) is 0.316. The maximum absolute atomic E-state index is 12.0. The zero-order valence-electron chi connectivity index (χ0n) is 13.5. The highest BCUT2D eigenvalue weighted by molar-refractivity contribution is 5.95. The molecule has 0 saturated carbocycles. The van der Waals surface area contributed by atoms with Crippen LogP contribution < -0.4 is 9.64 Å². The summed E-state index contributed by atoms with van der Waals surface area (Å²) in [5.74, 6) is 0.941. The van der Waals surface area contributed by atoms with Crippen molar-refractivity contribution in [2.75, 3.05) is 18.6 Å². The van der Waals surface area contributed by atoms with Crippen molar-refractivity contribution in [1.29, 1.82) is 0 Å². The minimum absolute atomic E-state index is 0.0720. The Labute approximate surface area is 131 Å². The highest BCUT2D eigenvalue weighted by atomic mass is 16.5. The number of methoxy groups -OCH3 is 1. The Morgan fingerprint density at radius 2 is 1.91 bits per heavy atom. The van der Waals surface area contributed by atoms with Crippen LogP contribution in [-0.2, 0) is 10.2 Å². The maximum atomic E-state index is 12.0. The summed E-state index contributed by atoms with van der Waals surface area (Å²) in [5, 5.41) is 0. The Hall–Kier alpha value is -2.29. The molecule has 1 aliphatic heterocycles. The molecule has 22 heavy (non-hydrogen) atoms. The molecule has 0 radical (unpaired) electrons. The van der Waals surface area contributed by atoms with E-state index in [0.717, 1.165) is 17.0 Å². The summed E-state index contributed by atoms with van der Waals surface area (Å²) in [6.07, 6.45) is 0. The van der Waals surface area contributed by atoms with Gasteiger partial charge in [0.2, 0.25) is 5.91 Å². The number of rotatable bonds is 2. The third-order valence-electron chi connectivity index (χ3n) is 4.59. The normalized spacial score (nSPS) is 19.9. The van der Waals surface area contributed by atoms with E-state index >= 15 is 0 Å². The molecule has 114 valence electrons. The number of ether oxygens (including phenoxy) is 1. The third kappa shape index (κ3) is 2.08. The van der Waals surface area contributed by atoms with Crippen LogP contribution in [0.15, 0.2) is 42.5 Å². The van der Waals surface area contributed by atoms with Gasteiger partial charge in [0.25, 0.3) is 0 Å². The predicted octanol–water partition coefficient (Wildman–Crippen LogP) is 3.68. The van der Waals surface area contributed by atoms with E-state index < -0.39 is 0 Å². The number of fused-ring (bicyclic) bond motifs is 1. The molecule has 0 saturated heterocycles. The van der Waals surface area contributed by atoms with E-state index in [4.69, 9.17) is 4.74 Å². The number of carbonyl (C=O) groups is 1. The quantitative estimate of drug-likeness (QED) is 0.846. The lowest BCUT2D eigenvalue weighted by molar-refractivity contribution is -0.116. The molecule has 2 aromatic rings. The monoisotopic (exact) mass is 295 g/mol. The van der Waals surface area contributed by atoms with E-state index in [-0.39, 0.29) is 11.3 Å². The zero-order chi connectivity index (χ0) is 15.9. The highest BCUT2D eigenvalue weighted by Gasteiger charge is 2.43. The van der Waals surface area contributed by atoms with Crippen LogP contribution in [0.5, 0.6) is 5.75 Å². The van der Waals surface area contributed by atoms with Gasteiger partial charge in [0.15, 0.2) is 0 Å². The SMILES string of the molecule is COc1ccc(C)cc1C1(C)CN(C(C)=O)c2ccccc21. The Morgan fingerprint density at radius 1 is 1.18 bits per heavy atom. The van der Waals surface area contributed by atoms with Crippen LogP contribution >= 0.6 is 0 Å². The molecule has 1 aliphatic rings. The standard InChI is InChI=1S/C19H21NO2/c1-13-9-10-18(22-4)16(11-13)19(3)12-20(14(2)21)17-8-6-5-7-15(17)19/h5-11H,12H2,1-4H3. The first-order valence-electron chi connectivity index (χ1n) is 7.50. The molecule has 3 nitrogen and oxygen atoms in total. The van der Waals surface area contributed by atoms with Gasteiger partial charge in [-0.25, -0.2) is 0 Å². The van der Waals surface area contributed by atoms with E-state index in [2.05, 4.69) is 32.0 Å². The number of anilines is 1. The van der Waals surface area contributed by atoms with Crippen molar-refractivity contribution in [3.8, 4) is 5.75 Å². The second-order valence-corrected chi connectivity index (χ2v) is 6.16. The van der Waals surface area contributed by atoms with Gasteiger partial charge in [-0.05, 0) is 31.5 Å². The molecule has 1 amide bonds. The number of amides is 1. The van der Waals surface area contributed by atoms with Gasteiger partial charge in [-0.3, -0.25) is 4.79 Å². The number of carbonyl (C=O) groups excluding carboxylic acids is 1. The molecular weight excluding hydrogens is 274 g/mol. The molecule has 3 rings (SSSR count). The molecule has 2 aromatic carbocycles. The van der Waals surface area contributed by atoms with Crippen molar-refractivity contribution < 1.29 is 9.53 Å². The van der Waals surface area contributed by atoms with Crippen molar-refractivity contribution in [2.24, 2.45) is 0 Å². The van der Waals surface area contributed by atoms with Crippen molar-refractivity contribution >= 4 is 11.6 Å². The number of hydrogen-bond acceptors (Lipinski definition) is 2. The van der Waals surface area contributed by atoms with E-state index in [1.165, 1.54) is 11.1 Å². The van der Waals surface area contributed by atoms with Crippen LogP contribution in [-0.4, -0.2) is 19.6 Å². The summed E-state index contributed by atoms with van der Waals surface area (Å²) < 4.78 is 5.59. The van der Waals surface area contributed by atoms with E-state index in [1.54, 1.807) is 14.0 Å². The largest absolute Gasteiger partial charge is 0.496 e. The zero-order valence-corrected chi connectivity index (χ0v) is 13.5. The summed E-state index contributed by atoms with van der Waals surface area (Å²) in [7, 11) is 1.70. The summed E-state index contributed by atoms with van der Waals surface area (Å²) in [5.41, 5.74) is 4.23. The molecule has 0 fully saturated rings. The summed E-state index contributed by atoms with van der Waals surface area (Å²) in [6.45, 7) is 6.53. The highest BCUT2D eigenvalue weighted by Crippen LogP contribution is 2.47. The topological polar surface area (TPSA) is 29.5 Å². The Morgan fingerprint density at radius 3 is 2.59 bits per heavy atom. The molecule has 3 heteroatoms. The number of nitrogens with zero attached hydrogens (tertiary/aromatic N) is 1. The Balaban J connectivity index is 2.23. The number of para-hydroxylation sites is 1. The number of aryl methyl sites for hydroxylation is 1. The van der Waals surface area contributed by atoms with Gasteiger partial charge < -0.3 is 9.64 Å². The minimum atomic E-state index is -0.264. The van der Waals surface area contributed by atoms with E-state index in [1.807, 2.05) is 29.2 Å². The molecule has 0 aromatic heterocycles. The molecule has 0 aliphatic carbocycles. The van der Waals surface area contributed by atoms with Crippen LogP contribution in [0, 0.1) is 6.92 Å². The number of benzene rings is 2. The van der Waals surface area contributed by atoms with Crippen LogP contribution in [0.2, 0.25) is 0 Å². The predicted molar refractivity (Wildman–Crippen MR) is 88.7 cm³/mol. The molecular formula is C19H21NO2. The van der Waals surface area contributed by atoms with Gasteiger partial charge in [0.05, 0.1) is 7.11 Å². The summed E-state index contributed by atoms with van der Waals surface area (Å²) in [4.78, 5) is 13.9. The molecule has 1 atom stereocenters. The Kier molecular flexibility index (Phi) is 3.44. The second-order valence-electron chi connectivity index (χ2n) is 6.16. The van der Waals surface area contributed by atoms with Crippen LogP contribution in [0.3, 0.4) is 0 Å². The first kappa shape index (κ1) is 14.6. The molecule has 0 bridgehead atoms. The van der Waals surface area contributed by atoms with Crippen molar-refractivity contribution in [3.63, 3.8) is 0 Å². The van der Waals surface area contributed by atoms with Gasteiger partial charge in [-0.1, -0.05) is 35.9 Å². The van der Waals surface area contributed by atoms with E-state index in [0.29, 0.717) is 6.54 Å². The summed E-state index contributed by atoms with van der Waals surface area (Å²) in [6, 6.07) is 14.4. The van der Waals surface area contributed by atoms with Crippen LogP contribution in [0.25, 0.3) is 0 Å². The van der Waals surface area contributed by atoms with Crippen molar-refractivity contribution in [3.05, 3.63) is 59.2 Å². The van der Waals surface area contributed by atoms with Crippen molar-refractivity contribution in [1.82, 2.24) is 0 Å². The van der Waals surface area contributed by atoms with Crippen LogP contribution in [0.4, 0.5) is 5.69 Å². The first-order valence-corrected chi connectivity index (χ1v) is 7.50. The molecule has 1 unspecified atom stereocenters. The van der Waals surface area contributed by atoms with E-state index in [9.17, 15) is 4.79 Å². The lowest BCUT2D eigenvalue weighted by Crippen LogP contribution is -2.35. The average molecular weight is 295 g/mol.